The van der Waals surface area contributed by atoms with Crippen molar-refractivity contribution in [3.8, 4) is 0 Å². The van der Waals surface area contributed by atoms with Crippen LogP contribution >= 0.6 is 12.4 Å². The molecule has 1 aliphatic carbocycles. The van der Waals surface area contributed by atoms with Gasteiger partial charge in [-0.25, -0.2) is 8.42 Å². The van der Waals surface area contributed by atoms with E-state index in [9.17, 15) is 13.2 Å². The van der Waals surface area contributed by atoms with Crippen LogP contribution in [-0.4, -0.2) is 36.0 Å². The van der Waals surface area contributed by atoms with Gasteiger partial charge in [-0.15, -0.1) is 12.4 Å². The summed E-state index contributed by atoms with van der Waals surface area (Å²) in [4.78, 5) is 12.5. The van der Waals surface area contributed by atoms with Crippen LogP contribution in [0.3, 0.4) is 0 Å². The van der Waals surface area contributed by atoms with Crippen LogP contribution in [0.25, 0.3) is 10.9 Å². The summed E-state index contributed by atoms with van der Waals surface area (Å²) in [5, 5.41) is 5.80. The largest absolute Gasteiger partial charge is 0.294 e. The fourth-order valence-corrected chi connectivity index (χ4v) is 4.60. The smallest absolute Gasteiger partial charge is 0.163 e. The maximum absolute atomic E-state index is 12.5. The number of sulfone groups is 1. The lowest BCUT2D eigenvalue weighted by atomic mass is 9.89. The van der Waals surface area contributed by atoms with E-state index in [4.69, 9.17) is 5.10 Å². The summed E-state index contributed by atoms with van der Waals surface area (Å²) in [7, 11) is -3.03. The SMILES string of the molecule is Cc1c(C(=O)CCCS(C)(=O)=O)ccc2cn(CC3CCCCC3)nc12.Cl. The van der Waals surface area contributed by atoms with Gasteiger partial charge in [0, 0.05) is 36.4 Å². The molecule has 1 fully saturated rings. The Labute approximate surface area is 167 Å². The molecule has 150 valence electrons. The number of carbonyl (C=O) groups excluding carboxylic acids is 1. The Kier molecular flexibility index (Phi) is 7.46. The molecule has 0 aliphatic heterocycles. The maximum atomic E-state index is 12.5. The highest BCUT2D eigenvalue weighted by Gasteiger charge is 2.17. The summed E-state index contributed by atoms with van der Waals surface area (Å²) in [5.74, 6) is 0.751. The van der Waals surface area contributed by atoms with Crippen LogP contribution in [0.1, 0.15) is 60.9 Å². The quantitative estimate of drug-likeness (QED) is 0.633. The molecule has 0 amide bonds. The van der Waals surface area contributed by atoms with Crippen molar-refractivity contribution in [2.24, 2.45) is 5.92 Å². The van der Waals surface area contributed by atoms with E-state index in [2.05, 4.69) is 6.20 Å². The van der Waals surface area contributed by atoms with E-state index in [1.165, 1.54) is 38.4 Å². The molecular weight excluding hydrogens is 384 g/mol. The number of fused-ring (bicyclic) bond motifs is 1. The van der Waals surface area contributed by atoms with Gasteiger partial charge in [0.1, 0.15) is 9.84 Å². The zero-order valence-electron chi connectivity index (χ0n) is 16.1. The van der Waals surface area contributed by atoms with E-state index in [1.54, 1.807) is 0 Å². The van der Waals surface area contributed by atoms with Gasteiger partial charge in [0.05, 0.1) is 11.3 Å². The van der Waals surface area contributed by atoms with Gasteiger partial charge in [-0.05, 0) is 37.7 Å². The summed E-state index contributed by atoms with van der Waals surface area (Å²) in [5.41, 5.74) is 2.44. The van der Waals surface area contributed by atoms with Crippen LogP contribution in [0.5, 0.6) is 0 Å². The van der Waals surface area contributed by atoms with Gasteiger partial charge in [0.25, 0.3) is 0 Å². The Morgan fingerprint density at radius 1 is 1.22 bits per heavy atom. The van der Waals surface area contributed by atoms with Gasteiger partial charge >= 0.3 is 0 Å². The Morgan fingerprint density at radius 3 is 2.59 bits per heavy atom. The minimum absolute atomic E-state index is 0. The van der Waals surface area contributed by atoms with Gasteiger partial charge in [0.15, 0.2) is 5.78 Å². The number of nitrogens with zero attached hydrogens (tertiary/aromatic N) is 2. The Bertz CT molecular complexity index is 899. The molecule has 0 bridgehead atoms. The van der Waals surface area contributed by atoms with Crippen molar-refractivity contribution in [3.63, 3.8) is 0 Å². The predicted octanol–water partition coefficient (Wildman–Crippen LogP) is 4.35. The number of carbonyl (C=O) groups is 1. The first-order valence-corrected chi connectivity index (χ1v) is 11.6. The number of hydrogen-bond acceptors (Lipinski definition) is 4. The summed E-state index contributed by atoms with van der Waals surface area (Å²) in [6, 6.07) is 3.81. The van der Waals surface area contributed by atoms with E-state index in [0.29, 0.717) is 17.9 Å². The zero-order valence-corrected chi connectivity index (χ0v) is 17.7. The molecule has 1 saturated carbocycles. The van der Waals surface area contributed by atoms with Crippen molar-refractivity contribution in [1.29, 1.82) is 0 Å². The van der Waals surface area contributed by atoms with E-state index < -0.39 is 9.84 Å². The van der Waals surface area contributed by atoms with Gasteiger partial charge in [-0.3, -0.25) is 9.48 Å². The van der Waals surface area contributed by atoms with Crippen LogP contribution in [0.2, 0.25) is 0 Å². The van der Waals surface area contributed by atoms with E-state index in [0.717, 1.165) is 23.0 Å². The molecule has 2 aromatic rings. The van der Waals surface area contributed by atoms with Crippen LogP contribution in [0.4, 0.5) is 0 Å². The first kappa shape index (κ1) is 21.9. The molecule has 0 unspecified atom stereocenters. The Hall–Kier alpha value is -1.40. The molecule has 3 rings (SSSR count). The average molecular weight is 413 g/mol. The molecule has 1 aromatic heterocycles. The number of rotatable bonds is 7. The van der Waals surface area contributed by atoms with Crippen LogP contribution in [-0.2, 0) is 16.4 Å². The molecule has 0 N–H and O–H groups in total. The molecule has 1 heterocycles. The number of ketones is 1. The van der Waals surface area contributed by atoms with E-state index in [1.807, 2.05) is 23.7 Å². The lowest BCUT2D eigenvalue weighted by molar-refractivity contribution is 0.0981. The molecule has 1 aromatic carbocycles. The molecule has 27 heavy (non-hydrogen) atoms. The number of aryl methyl sites for hydroxylation is 1. The van der Waals surface area contributed by atoms with Crippen LogP contribution in [0, 0.1) is 12.8 Å². The lowest BCUT2D eigenvalue weighted by Crippen LogP contribution is -2.14. The topological polar surface area (TPSA) is 69.0 Å². The normalized spacial score (nSPS) is 15.6. The van der Waals surface area contributed by atoms with E-state index >= 15 is 0 Å². The van der Waals surface area contributed by atoms with Crippen molar-refractivity contribution in [1.82, 2.24) is 9.78 Å². The van der Waals surface area contributed by atoms with Crippen molar-refractivity contribution in [2.45, 2.75) is 58.4 Å². The van der Waals surface area contributed by atoms with Crippen molar-refractivity contribution in [3.05, 3.63) is 29.5 Å². The predicted molar refractivity (Wildman–Crippen MR) is 112 cm³/mol. The second-order valence-electron chi connectivity index (χ2n) is 7.69. The standard InChI is InChI=1S/C20H28N2O3S.ClH/c1-15-18(19(23)9-6-12-26(2,24)25)11-10-17-14-22(21-20(15)17)13-16-7-4-3-5-8-16;/h10-11,14,16H,3-9,12-13H2,1-2H3;1H. The van der Waals surface area contributed by atoms with Crippen molar-refractivity contribution in [2.75, 3.05) is 12.0 Å². The summed E-state index contributed by atoms with van der Waals surface area (Å²) in [6.07, 6.45) is 10.4. The third kappa shape index (κ3) is 5.79. The Balaban J connectivity index is 0.00000261. The summed E-state index contributed by atoms with van der Waals surface area (Å²) < 4.78 is 24.5. The second kappa shape index (κ2) is 9.20. The number of benzene rings is 1. The van der Waals surface area contributed by atoms with Crippen LogP contribution < -0.4 is 0 Å². The molecular formula is C20H29ClN2O3S. The highest BCUT2D eigenvalue weighted by atomic mass is 35.5. The first-order valence-electron chi connectivity index (χ1n) is 9.51. The molecule has 0 saturated heterocycles. The zero-order chi connectivity index (χ0) is 18.7. The minimum atomic E-state index is -3.03. The highest BCUT2D eigenvalue weighted by Crippen LogP contribution is 2.27. The second-order valence-corrected chi connectivity index (χ2v) is 9.95. The Morgan fingerprint density at radius 2 is 1.93 bits per heavy atom. The first-order chi connectivity index (χ1) is 12.3. The number of Topliss-reactive ketones (excluding diaryl/α,β-unsaturated/α-hetero) is 1. The van der Waals surface area contributed by atoms with E-state index in [-0.39, 0.29) is 30.4 Å². The third-order valence-corrected chi connectivity index (χ3v) is 6.40. The molecule has 0 spiro atoms. The maximum Gasteiger partial charge on any atom is 0.163 e. The molecule has 1 aliphatic rings. The fraction of sp³-hybridized carbons (Fsp3) is 0.600. The third-order valence-electron chi connectivity index (χ3n) is 5.37. The number of aromatic nitrogens is 2. The van der Waals surface area contributed by atoms with Gasteiger partial charge < -0.3 is 0 Å². The lowest BCUT2D eigenvalue weighted by Gasteiger charge is -2.21. The van der Waals surface area contributed by atoms with Crippen molar-refractivity contribution < 1.29 is 13.2 Å². The van der Waals surface area contributed by atoms with Crippen LogP contribution in [0.15, 0.2) is 18.3 Å². The van der Waals surface area contributed by atoms with Gasteiger partial charge in [0.2, 0.25) is 0 Å². The number of halogens is 1. The van der Waals surface area contributed by atoms with Gasteiger partial charge in [-0.2, -0.15) is 5.10 Å². The van der Waals surface area contributed by atoms with Gasteiger partial charge in [-0.1, -0.05) is 31.4 Å². The average Bonchev–Trinajstić information content (AvgIpc) is 2.98. The number of hydrogen-bond donors (Lipinski definition) is 0. The van der Waals surface area contributed by atoms with Crippen molar-refractivity contribution >= 4 is 38.9 Å². The summed E-state index contributed by atoms with van der Waals surface area (Å²) in [6.45, 7) is 2.88. The monoisotopic (exact) mass is 412 g/mol. The molecule has 7 heteroatoms. The minimum Gasteiger partial charge on any atom is -0.294 e. The molecule has 0 radical (unpaired) electrons. The molecule has 5 nitrogen and oxygen atoms in total. The molecule has 0 atom stereocenters. The fourth-order valence-electron chi connectivity index (χ4n) is 3.94. The summed E-state index contributed by atoms with van der Waals surface area (Å²) >= 11 is 0. The highest BCUT2D eigenvalue weighted by molar-refractivity contribution is 7.90.